The molecule has 1 N–H and O–H groups in total. The minimum absolute atomic E-state index is 0.213. The summed E-state index contributed by atoms with van der Waals surface area (Å²) in [5.74, 6) is 0.623. The van der Waals surface area contributed by atoms with Gasteiger partial charge in [-0.2, -0.15) is 0 Å². The normalized spacial score (nSPS) is 14.0. The van der Waals surface area contributed by atoms with E-state index in [2.05, 4.69) is 84.5 Å². The molecule has 0 aliphatic heterocycles. The molecule has 0 aliphatic carbocycles. The molecule has 0 amide bonds. The molecule has 2 heteroatoms. The summed E-state index contributed by atoms with van der Waals surface area (Å²) in [4.78, 5) is 0. The Hall–Kier alpha value is -1.12. The molecule has 0 saturated heterocycles. The smallest absolute Gasteiger partial charge is 0.0585 e. The van der Waals surface area contributed by atoms with E-state index >= 15 is 0 Å². The van der Waals surface area contributed by atoms with E-state index in [4.69, 9.17) is 0 Å². The summed E-state index contributed by atoms with van der Waals surface area (Å²) in [6.07, 6.45) is 1.18. The van der Waals surface area contributed by atoms with Crippen LogP contribution in [0.25, 0.3) is 0 Å². The topological polar surface area (TPSA) is 12.0 Å². The molecule has 0 saturated carbocycles. The molecule has 0 spiro atoms. The van der Waals surface area contributed by atoms with Gasteiger partial charge in [-0.05, 0) is 48.6 Å². The van der Waals surface area contributed by atoms with E-state index in [1.54, 1.807) is 0 Å². The molecular weight excluding hydrogens is 322 g/mol. The molecule has 21 heavy (non-hydrogen) atoms. The van der Waals surface area contributed by atoms with Crippen molar-refractivity contribution < 1.29 is 0 Å². The van der Waals surface area contributed by atoms with E-state index in [1.807, 2.05) is 7.05 Å². The molecule has 2 unspecified atom stereocenters. The van der Waals surface area contributed by atoms with Gasteiger partial charge in [-0.15, -0.1) is 0 Å². The van der Waals surface area contributed by atoms with Crippen LogP contribution in [0.3, 0.4) is 0 Å². The van der Waals surface area contributed by atoms with Gasteiger partial charge < -0.3 is 5.32 Å². The fraction of sp³-hybridized carbons (Fsp3) is 0.368. The van der Waals surface area contributed by atoms with Crippen molar-refractivity contribution in [3.8, 4) is 0 Å². The Bertz CT molecular complexity index is 589. The molecular formula is C19H24BrN. The zero-order valence-electron chi connectivity index (χ0n) is 13.3. The highest BCUT2D eigenvalue weighted by Crippen LogP contribution is 2.31. The van der Waals surface area contributed by atoms with Gasteiger partial charge in [0.2, 0.25) is 0 Å². The predicted molar refractivity (Wildman–Crippen MR) is 94.9 cm³/mol. The van der Waals surface area contributed by atoms with Gasteiger partial charge in [-0.25, -0.2) is 0 Å². The standard InChI is InChI=1S/C19H24BrN/c1-5-13(2)15-9-11-16(12-10-15)19(21-4)17-8-6-7-14(3)18(17)20/h6-13,19,21H,5H2,1-4H3. The highest BCUT2D eigenvalue weighted by atomic mass is 79.9. The third-order valence-electron chi connectivity index (χ3n) is 4.27. The molecule has 0 aliphatic rings. The number of hydrogen-bond acceptors (Lipinski definition) is 1. The SMILES string of the molecule is CCC(C)c1ccc(C(NC)c2cccc(C)c2Br)cc1. The molecule has 0 heterocycles. The summed E-state index contributed by atoms with van der Waals surface area (Å²) in [7, 11) is 2.02. The third-order valence-corrected chi connectivity index (χ3v) is 5.36. The molecule has 2 atom stereocenters. The largest absolute Gasteiger partial charge is 0.309 e. The number of nitrogens with one attached hydrogen (secondary N) is 1. The highest BCUT2D eigenvalue weighted by molar-refractivity contribution is 9.10. The van der Waals surface area contributed by atoms with Gasteiger partial charge in [-0.3, -0.25) is 0 Å². The van der Waals surface area contributed by atoms with Crippen LogP contribution < -0.4 is 5.32 Å². The van der Waals surface area contributed by atoms with Crippen molar-refractivity contribution in [2.45, 2.75) is 39.2 Å². The van der Waals surface area contributed by atoms with Crippen molar-refractivity contribution in [2.24, 2.45) is 0 Å². The molecule has 1 nitrogen and oxygen atoms in total. The first-order valence-electron chi connectivity index (χ1n) is 7.60. The second-order valence-electron chi connectivity index (χ2n) is 5.68. The van der Waals surface area contributed by atoms with Crippen molar-refractivity contribution in [1.82, 2.24) is 5.32 Å². The van der Waals surface area contributed by atoms with Crippen LogP contribution in [0.15, 0.2) is 46.9 Å². The second-order valence-corrected chi connectivity index (χ2v) is 6.47. The fourth-order valence-corrected chi connectivity index (χ4v) is 3.14. The summed E-state index contributed by atoms with van der Waals surface area (Å²) < 4.78 is 1.19. The predicted octanol–water partition coefficient (Wildman–Crippen LogP) is 5.58. The average molecular weight is 346 g/mol. The first-order chi connectivity index (χ1) is 10.1. The molecule has 0 radical (unpaired) electrons. The van der Waals surface area contributed by atoms with E-state index in [0.29, 0.717) is 5.92 Å². The highest BCUT2D eigenvalue weighted by Gasteiger charge is 2.16. The van der Waals surface area contributed by atoms with Gasteiger partial charge in [0.25, 0.3) is 0 Å². The molecule has 2 aromatic rings. The van der Waals surface area contributed by atoms with Crippen LogP contribution in [0.2, 0.25) is 0 Å². The Morgan fingerprint density at radius 3 is 2.24 bits per heavy atom. The van der Waals surface area contributed by atoms with Crippen LogP contribution in [0, 0.1) is 6.92 Å². The fourth-order valence-electron chi connectivity index (χ4n) is 2.65. The number of hydrogen-bond donors (Lipinski definition) is 1. The van der Waals surface area contributed by atoms with Crippen molar-refractivity contribution in [2.75, 3.05) is 7.05 Å². The van der Waals surface area contributed by atoms with Gasteiger partial charge in [0, 0.05) is 4.47 Å². The third kappa shape index (κ3) is 3.56. The van der Waals surface area contributed by atoms with E-state index in [0.717, 1.165) is 0 Å². The Morgan fingerprint density at radius 2 is 1.67 bits per heavy atom. The Kier molecular flexibility index (Phi) is 5.60. The summed E-state index contributed by atoms with van der Waals surface area (Å²) in [6.45, 7) is 6.65. The lowest BCUT2D eigenvalue weighted by Gasteiger charge is -2.20. The molecule has 2 rings (SSSR count). The van der Waals surface area contributed by atoms with Gasteiger partial charge >= 0.3 is 0 Å². The van der Waals surface area contributed by atoms with Crippen molar-refractivity contribution in [3.63, 3.8) is 0 Å². The van der Waals surface area contributed by atoms with Crippen LogP contribution in [-0.4, -0.2) is 7.05 Å². The summed E-state index contributed by atoms with van der Waals surface area (Å²) in [5.41, 5.74) is 5.27. The van der Waals surface area contributed by atoms with Crippen LogP contribution in [0.4, 0.5) is 0 Å². The lowest BCUT2D eigenvalue weighted by molar-refractivity contribution is 0.685. The van der Waals surface area contributed by atoms with Gasteiger partial charge in [0.05, 0.1) is 6.04 Å². The lowest BCUT2D eigenvalue weighted by atomic mass is 9.93. The number of rotatable bonds is 5. The molecule has 112 valence electrons. The summed E-state index contributed by atoms with van der Waals surface area (Å²) in [5, 5.41) is 3.44. The van der Waals surface area contributed by atoms with Crippen molar-refractivity contribution in [1.29, 1.82) is 0 Å². The second kappa shape index (κ2) is 7.24. The van der Waals surface area contributed by atoms with Gasteiger partial charge in [0.1, 0.15) is 0 Å². The minimum Gasteiger partial charge on any atom is -0.309 e. The number of benzene rings is 2. The molecule has 0 fully saturated rings. The number of halogens is 1. The molecule has 2 aromatic carbocycles. The quantitative estimate of drug-likeness (QED) is 0.745. The van der Waals surface area contributed by atoms with Crippen LogP contribution in [0.5, 0.6) is 0 Å². The Balaban J connectivity index is 2.35. The lowest BCUT2D eigenvalue weighted by Crippen LogP contribution is -2.18. The van der Waals surface area contributed by atoms with Gasteiger partial charge in [0.15, 0.2) is 0 Å². The first-order valence-corrected chi connectivity index (χ1v) is 8.39. The first kappa shape index (κ1) is 16.3. The van der Waals surface area contributed by atoms with E-state index < -0.39 is 0 Å². The summed E-state index contributed by atoms with van der Waals surface area (Å²) >= 11 is 3.73. The molecule has 0 aromatic heterocycles. The van der Waals surface area contributed by atoms with E-state index in [-0.39, 0.29) is 6.04 Å². The van der Waals surface area contributed by atoms with Crippen LogP contribution >= 0.6 is 15.9 Å². The Labute approximate surface area is 136 Å². The zero-order valence-corrected chi connectivity index (χ0v) is 14.9. The minimum atomic E-state index is 0.213. The van der Waals surface area contributed by atoms with Crippen molar-refractivity contribution >= 4 is 15.9 Å². The van der Waals surface area contributed by atoms with Gasteiger partial charge in [-0.1, -0.05) is 72.2 Å². The summed E-state index contributed by atoms with van der Waals surface area (Å²) in [6, 6.07) is 15.7. The van der Waals surface area contributed by atoms with Crippen LogP contribution in [0.1, 0.15) is 54.5 Å². The van der Waals surface area contributed by atoms with Crippen LogP contribution in [-0.2, 0) is 0 Å². The zero-order chi connectivity index (χ0) is 15.4. The monoisotopic (exact) mass is 345 g/mol. The van der Waals surface area contributed by atoms with E-state index in [9.17, 15) is 0 Å². The average Bonchev–Trinajstić information content (AvgIpc) is 2.52. The maximum atomic E-state index is 3.73. The maximum absolute atomic E-state index is 3.73. The molecule has 0 bridgehead atoms. The van der Waals surface area contributed by atoms with Crippen molar-refractivity contribution in [3.05, 3.63) is 69.2 Å². The van der Waals surface area contributed by atoms with E-state index in [1.165, 1.54) is 33.1 Å². The maximum Gasteiger partial charge on any atom is 0.0585 e. The number of aryl methyl sites for hydroxylation is 1. The Morgan fingerprint density at radius 1 is 1.05 bits per heavy atom.